The van der Waals surface area contributed by atoms with E-state index in [1.54, 1.807) is 36.9 Å². The minimum Gasteiger partial charge on any atom is -0.465 e. The van der Waals surface area contributed by atoms with Gasteiger partial charge in [0.2, 0.25) is 0 Å². The summed E-state index contributed by atoms with van der Waals surface area (Å²) in [7, 11) is -3.49. The summed E-state index contributed by atoms with van der Waals surface area (Å²) in [6, 6.07) is 5.93. The van der Waals surface area contributed by atoms with E-state index in [-0.39, 0.29) is 52.5 Å². The Hall–Kier alpha value is -1.64. The van der Waals surface area contributed by atoms with Crippen molar-refractivity contribution in [3.8, 4) is 0 Å². The maximum atomic E-state index is 13.0. The first-order valence-corrected chi connectivity index (χ1v) is 10.6. The number of nitrogens with zero attached hydrogens (tertiary/aromatic N) is 1. The second-order valence-corrected chi connectivity index (χ2v) is 8.95. The highest BCUT2D eigenvalue weighted by atomic mass is 35.5. The summed E-state index contributed by atoms with van der Waals surface area (Å²) in [4.78, 5) is 26.8. The van der Waals surface area contributed by atoms with Crippen LogP contribution in [0.3, 0.4) is 0 Å². The second kappa shape index (κ2) is 8.58. The molecule has 1 N–H and O–H groups in total. The minimum absolute atomic E-state index is 0. The molecule has 1 aromatic carbocycles. The maximum Gasteiger partial charge on any atom is 0.323 e. The van der Waals surface area contributed by atoms with Gasteiger partial charge in [-0.3, -0.25) is 14.9 Å². The van der Waals surface area contributed by atoms with Crippen molar-refractivity contribution in [1.29, 1.82) is 0 Å². The Labute approximate surface area is 165 Å². The molecule has 2 fully saturated rings. The van der Waals surface area contributed by atoms with Crippen molar-refractivity contribution in [1.82, 2.24) is 10.2 Å². The summed E-state index contributed by atoms with van der Waals surface area (Å²) in [5.74, 6) is -0.678. The van der Waals surface area contributed by atoms with Crippen LogP contribution in [0, 0.1) is 5.92 Å². The van der Waals surface area contributed by atoms with Gasteiger partial charge in [0.1, 0.15) is 6.04 Å². The number of amides is 1. The molecule has 2 saturated heterocycles. The van der Waals surface area contributed by atoms with E-state index in [1.165, 1.54) is 6.07 Å². The van der Waals surface area contributed by atoms with Gasteiger partial charge in [-0.2, -0.15) is 0 Å². The van der Waals surface area contributed by atoms with Crippen molar-refractivity contribution in [2.24, 2.45) is 5.92 Å². The van der Waals surface area contributed by atoms with Crippen LogP contribution in [0.15, 0.2) is 29.2 Å². The average Bonchev–Trinajstić information content (AvgIpc) is 2.95. The summed E-state index contributed by atoms with van der Waals surface area (Å²) in [6.07, 6.45) is 0.808. The minimum atomic E-state index is -3.49. The fourth-order valence-electron chi connectivity index (χ4n) is 3.79. The lowest BCUT2D eigenvalue weighted by Gasteiger charge is -2.32. The van der Waals surface area contributed by atoms with Crippen molar-refractivity contribution in [3.05, 3.63) is 29.8 Å². The van der Waals surface area contributed by atoms with Gasteiger partial charge in [-0.25, -0.2) is 8.42 Å². The van der Waals surface area contributed by atoms with Crippen molar-refractivity contribution in [2.75, 3.05) is 25.4 Å². The highest BCUT2D eigenvalue weighted by Gasteiger charge is 2.45. The van der Waals surface area contributed by atoms with Gasteiger partial charge in [0, 0.05) is 25.0 Å². The maximum absolute atomic E-state index is 13.0. The molecule has 27 heavy (non-hydrogen) atoms. The molecule has 0 radical (unpaired) electrons. The molecule has 0 saturated carbocycles. The molecule has 9 heteroatoms. The van der Waals surface area contributed by atoms with Gasteiger partial charge in [0.25, 0.3) is 5.91 Å². The molecule has 0 aromatic heterocycles. The lowest BCUT2D eigenvalue weighted by molar-refractivity contribution is -0.146. The number of benzene rings is 1. The molecule has 3 atom stereocenters. The lowest BCUT2D eigenvalue weighted by atomic mass is 9.94. The number of esters is 1. The molecular weight excluding hydrogens is 392 g/mol. The van der Waals surface area contributed by atoms with E-state index in [4.69, 9.17) is 4.74 Å². The van der Waals surface area contributed by atoms with Gasteiger partial charge < -0.3 is 9.64 Å². The number of rotatable bonds is 5. The number of fused-ring (bicyclic) bond motifs is 2. The summed E-state index contributed by atoms with van der Waals surface area (Å²) >= 11 is 0. The number of carbonyl (C=O) groups is 2. The fraction of sp³-hybridized carbons (Fsp3) is 0.556. The number of nitrogens with one attached hydrogen (secondary N) is 1. The Bertz CT molecular complexity index is 814. The third-order valence-electron chi connectivity index (χ3n) is 5.03. The third-order valence-corrected chi connectivity index (χ3v) is 6.82. The molecule has 2 bridgehead atoms. The second-order valence-electron chi connectivity index (χ2n) is 6.70. The van der Waals surface area contributed by atoms with Crippen LogP contribution in [-0.4, -0.2) is 62.7 Å². The summed E-state index contributed by atoms with van der Waals surface area (Å²) in [5, 5.41) is 3.24. The Kier molecular flexibility index (Phi) is 6.88. The quantitative estimate of drug-likeness (QED) is 0.726. The SMILES string of the molecule is CCOC(=O)C1NC2CC1CN(C(=O)c1ccccc1S(=O)(=O)CC)C2.Cl. The topological polar surface area (TPSA) is 92.8 Å². The Morgan fingerprint density at radius 1 is 1.22 bits per heavy atom. The molecule has 0 spiro atoms. The zero-order chi connectivity index (χ0) is 18.9. The molecule has 3 rings (SSSR count). The highest BCUT2D eigenvalue weighted by Crippen LogP contribution is 2.30. The molecule has 1 aromatic rings. The van der Waals surface area contributed by atoms with Crippen molar-refractivity contribution < 1.29 is 22.7 Å². The molecule has 150 valence electrons. The number of ether oxygens (including phenoxy) is 1. The molecule has 1 amide bonds. The van der Waals surface area contributed by atoms with E-state index in [9.17, 15) is 18.0 Å². The van der Waals surface area contributed by atoms with Crippen LogP contribution in [0.5, 0.6) is 0 Å². The summed E-state index contributed by atoms with van der Waals surface area (Å²) in [6.45, 7) is 4.50. The lowest BCUT2D eigenvalue weighted by Crippen LogP contribution is -2.44. The number of likely N-dealkylation sites (tertiary alicyclic amines) is 1. The molecule has 7 nitrogen and oxygen atoms in total. The van der Waals surface area contributed by atoms with Gasteiger partial charge in [0.15, 0.2) is 9.84 Å². The van der Waals surface area contributed by atoms with Gasteiger partial charge in [0.05, 0.1) is 22.8 Å². The van der Waals surface area contributed by atoms with Crippen LogP contribution in [0.25, 0.3) is 0 Å². The van der Waals surface area contributed by atoms with Gasteiger partial charge in [-0.15, -0.1) is 12.4 Å². The smallest absolute Gasteiger partial charge is 0.323 e. The first-order chi connectivity index (χ1) is 12.4. The van der Waals surface area contributed by atoms with E-state index in [2.05, 4.69) is 5.32 Å². The van der Waals surface area contributed by atoms with Crippen LogP contribution in [-0.2, 0) is 19.4 Å². The van der Waals surface area contributed by atoms with Gasteiger partial charge >= 0.3 is 5.97 Å². The number of halogens is 1. The van der Waals surface area contributed by atoms with E-state index in [1.807, 2.05) is 0 Å². The zero-order valence-electron chi connectivity index (χ0n) is 15.4. The summed E-state index contributed by atoms with van der Waals surface area (Å²) < 4.78 is 29.7. The molecule has 2 heterocycles. The highest BCUT2D eigenvalue weighted by molar-refractivity contribution is 7.91. The molecule has 0 aliphatic carbocycles. The standard InChI is InChI=1S/C18H24N2O5S.ClH/c1-3-25-18(22)16-12-9-13(19-16)11-20(10-12)17(21)14-7-5-6-8-15(14)26(23,24)4-2;/h5-8,12-13,16,19H,3-4,9-11H2,1-2H3;1H. The van der Waals surface area contributed by atoms with Crippen molar-refractivity contribution in [3.63, 3.8) is 0 Å². The van der Waals surface area contributed by atoms with Crippen LogP contribution < -0.4 is 5.32 Å². The van der Waals surface area contributed by atoms with E-state index < -0.39 is 15.9 Å². The number of hydrogen-bond acceptors (Lipinski definition) is 6. The first kappa shape index (κ1) is 21.7. The van der Waals surface area contributed by atoms with Crippen LogP contribution in [0.1, 0.15) is 30.6 Å². The molecule has 3 unspecified atom stereocenters. The fourth-order valence-corrected chi connectivity index (χ4v) is 4.88. The first-order valence-electron chi connectivity index (χ1n) is 8.91. The Morgan fingerprint density at radius 3 is 2.59 bits per heavy atom. The number of hydrogen-bond donors (Lipinski definition) is 1. The number of carbonyl (C=O) groups excluding carboxylic acids is 2. The predicted molar refractivity (Wildman–Crippen MR) is 103 cm³/mol. The number of sulfone groups is 1. The van der Waals surface area contributed by atoms with E-state index in [0.717, 1.165) is 6.42 Å². The molecular formula is C18H25ClN2O5S. The van der Waals surface area contributed by atoms with Crippen LogP contribution in [0.4, 0.5) is 0 Å². The van der Waals surface area contributed by atoms with Crippen LogP contribution in [0.2, 0.25) is 0 Å². The van der Waals surface area contributed by atoms with Crippen molar-refractivity contribution in [2.45, 2.75) is 37.2 Å². The monoisotopic (exact) mass is 416 g/mol. The predicted octanol–water partition coefficient (Wildman–Crippen LogP) is 1.27. The normalized spacial score (nSPS) is 24.2. The molecule has 2 aliphatic heterocycles. The number of piperidine rings is 1. The largest absolute Gasteiger partial charge is 0.465 e. The van der Waals surface area contributed by atoms with Gasteiger partial charge in [-0.05, 0) is 25.5 Å². The third kappa shape index (κ3) is 4.28. The van der Waals surface area contributed by atoms with Gasteiger partial charge in [-0.1, -0.05) is 19.1 Å². The van der Waals surface area contributed by atoms with E-state index in [0.29, 0.717) is 19.7 Å². The zero-order valence-corrected chi connectivity index (χ0v) is 17.0. The van der Waals surface area contributed by atoms with E-state index >= 15 is 0 Å². The van der Waals surface area contributed by atoms with Crippen LogP contribution >= 0.6 is 12.4 Å². The average molecular weight is 417 g/mol. The summed E-state index contributed by atoms with van der Waals surface area (Å²) in [5.41, 5.74) is 0.198. The molecule has 2 aliphatic rings. The Morgan fingerprint density at radius 2 is 1.93 bits per heavy atom. The van der Waals surface area contributed by atoms with Crippen molar-refractivity contribution >= 4 is 34.1 Å². The Balaban J connectivity index is 0.00000261.